The third-order valence-corrected chi connectivity index (χ3v) is 5.70. The van der Waals surface area contributed by atoms with Gasteiger partial charge in [0.15, 0.2) is 5.82 Å². The van der Waals surface area contributed by atoms with Crippen LogP contribution in [-0.4, -0.2) is 30.6 Å². The molecule has 12 heteroatoms. The Morgan fingerprint density at radius 1 is 1.23 bits per heavy atom. The van der Waals surface area contributed by atoms with Crippen molar-refractivity contribution in [3.05, 3.63) is 98.2 Å². The van der Waals surface area contributed by atoms with E-state index in [4.69, 9.17) is 27.7 Å². The van der Waals surface area contributed by atoms with Crippen LogP contribution in [0, 0.1) is 5.82 Å². The molecule has 0 aliphatic rings. The minimum Gasteiger partial charge on any atom is -0.345 e. The van der Waals surface area contributed by atoms with E-state index in [1.807, 2.05) is 6.07 Å². The quantitative estimate of drug-likeness (QED) is 0.352. The molecule has 0 fully saturated rings. The van der Waals surface area contributed by atoms with E-state index >= 15 is 0 Å². The van der Waals surface area contributed by atoms with E-state index in [1.54, 1.807) is 24.5 Å². The number of carbonyl (C=O) groups is 1. The second kappa shape index (κ2) is 9.32. The molecule has 0 atom stereocenters. The number of benzene rings is 1. The minimum absolute atomic E-state index is 0.00143. The zero-order chi connectivity index (χ0) is 24.5. The zero-order valence-electron chi connectivity index (χ0n) is 17.8. The van der Waals surface area contributed by atoms with E-state index < -0.39 is 17.3 Å². The highest BCUT2D eigenvalue weighted by Crippen LogP contribution is 2.25. The molecule has 176 valence electrons. The molecule has 0 bridgehead atoms. The van der Waals surface area contributed by atoms with Gasteiger partial charge in [-0.2, -0.15) is 4.98 Å². The molecule has 35 heavy (non-hydrogen) atoms. The maximum atomic E-state index is 13.8. The SMILES string of the molecule is O=C(NCc1noc(-c2c[nH]c3ncccc23)n1)c1cc(Cl)cn(Cc2ccc(Cl)c(F)c2)c1=O. The van der Waals surface area contributed by atoms with Gasteiger partial charge in [-0.1, -0.05) is 34.4 Å². The molecule has 5 aromatic rings. The van der Waals surface area contributed by atoms with Crippen LogP contribution < -0.4 is 10.9 Å². The molecule has 9 nitrogen and oxygen atoms in total. The summed E-state index contributed by atoms with van der Waals surface area (Å²) in [5.74, 6) is -0.809. The van der Waals surface area contributed by atoms with Crippen molar-refractivity contribution in [3.8, 4) is 11.5 Å². The molecule has 0 radical (unpaired) electrons. The Labute approximate surface area is 206 Å². The van der Waals surface area contributed by atoms with Crippen LogP contribution in [0.25, 0.3) is 22.5 Å². The smallest absolute Gasteiger partial charge is 0.263 e. The van der Waals surface area contributed by atoms with Gasteiger partial charge in [-0.15, -0.1) is 0 Å². The van der Waals surface area contributed by atoms with Crippen molar-refractivity contribution in [2.45, 2.75) is 13.1 Å². The number of hydrogen-bond acceptors (Lipinski definition) is 6. The van der Waals surface area contributed by atoms with Crippen molar-refractivity contribution in [1.82, 2.24) is 30.0 Å². The average Bonchev–Trinajstić information content (AvgIpc) is 3.49. The van der Waals surface area contributed by atoms with E-state index in [0.717, 1.165) is 5.39 Å². The number of carbonyl (C=O) groups excluding carboxylic acids is 1. The van der Waals surface area contributed by atoms with Crippen LogP contribution in [0.3, 0.4) is 0 Å². The van der Waals surface area contributed by atoms with Crippen LogP contribution in [0.2, 0.25) is 10.0 Å². The van der Waals surface area contributed by atoms with Gasteiger partial charge >= 0.3 is 0 Å². The molecule has 0 unspecified atom stereocenters. The number of H-pyrrole nitrogens is 1. The average molecular weight is 513 g/mol. The number of pyridine rings is 2. The van der Waals surface area contributed by atoms with Gasteiger partial charge in [0, 0.05) is 24.0 Å². The third kappa shape index (κ3) is 4.66. The molecule has 0 aliphatic carbocycles. The summed E-state index contributed by atoms with van der Waals surface area (Å²) in [7, 11) is 0. The van der Waals surface area contributed by atoms with Crippen molar-refractivity contribution < 1.29 is 13.7 Å². The van der Waals surface area contributed by atoms with Crippen molar-refractivity contribution in [2.75, 3.05) is 0 Å². The predicted octanol–water partition coefficient (Wildman–Crippen LogP) is 4.20. The summed E-state index contributed by atoms with van der Waals surface area (Å²) >= 11 is 11.8. The van der Waals surface area contributed by atoms with Gasteiger partial charge < -0.3 is 19.4 Å². The van der Waals surface area contributed by atoms with Crippen LogP contribution in [0.4, 0.5) is 4.39 Å². The number of nitrogens with one attached hydrogen (secondary N) is 2. The summed E-state index contributed by atoms with van der Waals surface area (Å²) in [6, 6.07) is 9.10. The molecule has 0 saturated heterocycles. The number of rotatable bonds is 6. The highest BCUT2D eigenvalue weighted by molar-refractivity contribution is 6.31. The van der Waals surface area contributed by atoms with Crippen LogP contribution in [0.15, 0.2) is 64.3 Å². The molecule has 4 aromatic heterocycles. The van der Waals surface area contributed by atoms with Crippen molar-refractivity contribution in [3.63, 3.8) is 0 Å². The molecule has 5 rings (SSSR count). The normalized spacial score (nSPS) is 11.2. The predicted molar refractivity (Wildman–Crippen MR) is 127 cm³/mol. The van der Waals surface area contributed by atoms with E-state index in [0.29, 0.717) is 16.8 Å². The topological polar surface area (TPSA) is 119 Å². The first-order valence-electron chi connectivity index (χ1n) is 10.3. The van der Waals surface area contributed by atoms with Gasteiger partial charge in [0.25, 0.3) is 17.4 Å². The van der Waals surface area contributed by atoms with Gasteiger partial charge in [0.05, 0.1) is 28.7 Å². The number of amides is 1. The first-order chi connectivity index (χ1) is 16.9. The summed E-state index contributed by atoms with van der Waals surface area (Å²) in [5, 5.41) is 7.42. The van der Waals surface area contributed by atoms with E-state index in [9.17, 15) is 14.0 Å². The summed E-state index contributed by atoms with van der Waals surface area (Å²) in [6.45, 7) is -0.0846. The molecule has 1 amide bonds. The third-order valence-electron chi connectivity index (χ3n) is 5.19. The van der Waals surface area contributed by atoms with Crippen molar-refractivity contribution >= 4 is 40.1 Å². The molecule has 2 N–H and O–H groups in total. The number of aromatic nitrogens is 5. The van der Waals surface area contributed by atoms with E-state index in [1.165, 1.54) is 29.0 Å². The summed E-state index contributed by atoms with van der Waals surface area (Å²) in [6.07, 6.45) is 4.73. The maximum absolute atomic E-state index is 13.8. The van der Waals surface area contributed by atoms with Gasteiger partial charge in [-0.3, -0.25) is 9.59 Å². The fourth-order valence-electron chi connectivity index (χ4n) is 3.54. The lowest BCUT2D eigenvalue weighted by Gasteiger charge is -2.10. The number of fused-ring (bicyclic) bond motifs is 1. The maximum Gasteiger partial charge on any atom is 0.263 e. The molecule has 0 saturated carbocycles. The Bertz CT molecular complexity index is 1630. The van der Waals surface area contributed by atoms with E-state index in [-0.39, 0.29) is 40.4 Å². The fraction of sp³-hybridized carbons (Fsp3) is 0.0870. The Hall–Kier alpha value is -4.02. The number of aromatic amines is 1. The number of hydrogen-bond donors (Lipinski definition) is 2. The fourth-order valence-corrected chi connectivity index (χ4v) is 3.88. The van der Waals surface area contributed by atoms with Crippen molar-refractivity contribution in [2.24, 2.45) is 0 Å². The van der Waals surface area contributed by atoms with Crippen LogP contribution in [0.1, 0.15) is 21.7 Å². The highest BCUT2D eigenvalue weighted by Gasteiger charge is 2.17. The summed E-state index contributed by atoms with van der Waals surface area (Å²) in [5.41, 5.74) is 1.05. The summed E-state index contributed by atoms with van der Waals surface area (Å²) < 4.78 is 20.3. The lowest BCUT2D eigenvalue weighted by molar-refractivity contribution is 0.0947. The van der Waals surface area contributed by atoms with Crippen molar-refractivity contribution in [1.29, 1.82) is 0 Å². The van der Waals surface area contributed by atoms with Crippen LogP contribution in [-0.2, 0) is 13.1 Å². The van der Waals surface area contributed by atoms with Gasteiger partial charge in [-0.25, -0.2) is 9.37 Å². The molecule has 4 heterocycles. The Morgan fingerprint density at radius 2 is 2.09 bits per heavy atom. The Kier molecular flexibility index (Phi) is 6.06. The first-order valence-corrected chi connectivity index (χ1v) is 11.0. The standard InChI is InChI=1S/C23H15Cl2FN6O3/c24-13-7-15(23(34)32(11-13)10-12-3-4-17(25)18(26)6-12)21(33)29-9-19-30-22(35-31-19)16-8-28-20-14(16)2-1-5-27-20/h1-8,11H,9-10H2,(H,27,28)(H,29,33). The molecule has 0 aliphatic heterocycles. The molecular weight excluding hydrogens is 498 g/mol. The number of nitrogens with zero attached hydrogens (tertiary/aromatic N) is 4. The van der Waals surface area contributed by atoms with Gasteiger partial charge in [0.2, 0.25) is 0 Å². The molecule has 0 spiro atoms. The zero-order valence-corrected chi connectivity index (χ0v) is 19.3. The Morgan fingerprint density at radius 3 is 2.91 bits per heavy atom. The lowest BCUT2D eigenvalue weighted by Crippen LogP contribution is -2.33. The largest absolute Gasteiger partial charge is 0.345 e. The highest BCUT2D eigenvalue weighted by atomic mass is 35.5. The number of halogens is 3. The molecular formula is C23H15Cl2FN6O3. The first kappa shape index (κ1) is 22.8. The van der Waals surface area contributed by atoms with Gasteiger partial charge in [0.1, 0.15) is 17.0 Å². The lowest BCUT2D eigenvalue weighted by atomic mass is 10.2. The van der Waals surface area contributed by atoms with Crippen LogP contribution >= 0.6 is 23.2 Å². The molecule has 1 aromatic carbocycles. The second-order valence-corrected chi connectivity index (χ2v) is 8.40. The van der Waals surface area contributed by atoms with Gasteiger partial charge in [-0.05, 0) is 35.9 Å². The van der Waals surface area contributed by atoms with Crippen LogP contribution in [0.5, 0.6) is 0 Å². The van der Waals surface area contributed by atoms with E-state index in [2.05, 4.69) is 25.4 Å². The summed E-state index contributed by atoms with van der Waals surface area (Å²) in [4.78, 5) is 37.2. The minimum atomic E-state index is -0.670. The Balaban J connectivity index is 1.32. The second-order valence-electron chi connectivity index (χ2n) is 7.55. The monoisotopic (exact) mass is 512 g/mol.